The number of hydrogen-bond donors (Lipinski definition) is 0. The minimum atomic E-state index is -0.185. The van der Waals surface area contributed by atoms with Crippen LogP contribution in [0, 0.1) is 0 Å². The molecule has 1 amide bonds. The highest BCUT2D eigenvalue weighted by molar-refractivity contribution is 6.33. The summed E-state index contributed by atoms with van der Waals surface area (Å²) < 4.78 is 5.33. The van der Waals surface area contributed by atoms with Gasteiger partial charge >= 0.3 is 0 Å². The summed E-state index contributed by atoms with van der Waals surface area (Å²) in [4.78, 5) is 12.7. The Kier molecular flexibility index (Phi) is 4.17. The van der Waals surface area contributed by atoms with Crippen LogP contribution in [-0.4, -0.2) is 18.7 Å². The van der Waals surface area contributed by atoms with Crippen molar-refractivity contribution >= 4 is 35.0 Å². The highest BCUT2D eigenvalue weighted by Crippen LogP contribution is 2.28. The quantitative estimate of drug-likeness (QED) is 0.795. The van der Waals surface area contributed by atoms with Crippen LogP contribution in [0.25, 0.3) is 6.08 Å². The first-order valence-corrected chi connectivity index (χ1v) is 7.48. The van der Waals surface area contributed by atoms with Crippen LogP contribution >= 0.6 is 11.6 Å². The van der Waals surface area contributed by atoms with E-state index in [1.165, 1.54) is 5.01 Å². The number of hydrogen-bond acceptors (Lipinski definition) is 3. The molecule has 23 heavy (non-hydrogen) atoms. The summed E-state index contributed by atoms with van der Waals surface area (Å²) in [5, 5.41) is 6.27. The molecule has 0 aliphatic carbocycles. The van der Waals surface area contributed by atoms with E-state index in [2.05, 4.69) is 5.10 Å². The maximum absolute atomic E-state index is 12.7. The minimum absolute atomic E-state index is 0.185. The van der Waals surface area contributed by atoms with Gasteiger partial charge in [-0.1, -0.05) is 35.9 Å². The average molecular weight is 327 g/mol. The SMILES string of the molecule is COc1ccccc1/C=C1/C(=O)N(c2cccc(Cl)c2)N=C1C. The molecule has 0 atom stereocenters. The second kappa shape index (κ2) is 6.26. The lowest BCUT2D eigenvalue weighted by atomic mass is 10.1. The van der Waals surface area contributed by atoms with Gasteiger partial charge in [-0.15, -0.1) is 0 Å². The fraction of sp³-hybridized carbons (Fsp3) is 0.111. The molecule has 0 radical (unpaired) electrons. The Bertz CT molecular complexity index is 827. The number of rotatable bonds is 3. The number of carbonyl (C=O) groups excluding carboxylic acids is 1. The van der Waals surface area contributed by atoms with E-state index in [0.717, 1.165) is 5.56 Å². The first-order valence-electron chi connectivity index (χ1n) is 7.10. The number of methoxy groups -OCH3 is 1. The van der Waals surface area contributed by atoms with Gasteiger partial charge in [0.05, 0.1) is 24.1 Å². The van der Waals surface area contributed by atoms with Crippen LogP contribution in [0.4, 0.5) is 5.69 Å². The molecule has 2 aromatic carbocycles. The van der Waals surface area contributed by atoms with Gasteiger partial charge in [0.1, 0.15) is 5.75 Å². The van der Waals surface area contributed by atoms with E-state index >= 15 is 0 Å². The summed E-state index contributed by atoms with van der Waals surface area (Å²) in [5.41, 5.74) is 2.67. The molecule has 116 valence electrons. The van der Waals surface area contributed by atoms with Crippen molar-refractivity contribution < 1.29 is 9.53 Å². The smallest absolute Gasteiger partial charge is 0.280 e. The van der Waals surface area contributed by atoms with Crippen LogP contribution in [0.2, 0.25) is 5.02 Å². The highest BCUT2D eigenvalue weighted by atomic mass is 35.5. The summed E-state index contributed by atoms with van der Waals surface area (Å²) in [6.07, 6.45) is 1.80. The number of hydrazone groups is 1. The molecule has 1 aliphatic heterocycles. The molecule has 0 N–H and O–H groups in total. The van der Waals surface area contributed by atoms with Crippen LogP contribution in [0.3, 0.4) is 0 Å². The van der Waals surface area contributed by atoms with Gasteiger partial charge in [-0.05, 0) is 37.3 Å². The lowest BCUT2D eigenvalue weighted by molar-refractivity contribution is -0.114. The molecule has 0 unspecified atom stereocenters. The van der Waals surface area contributed by atoms with Gasteiger partial charge in [-0.3, -0.25) is 4.79 Å². The number of carbonyl (C=O) groups is 1. The zero-order valence-corrected chi connectivity index (χ0v) is 13.5. The molecule has 3 rings (SSSR count). The van der Waals surface area contributed by atoms with Gasteiger partial charge in [0.25, 0.3) is 5.91 Å². The topological polar surface area (TPSA) is 41.9 Å². The number of halogens is 1. The molecular formula is C18H15ClN2O2. The Labute approximate surface area is 139 Å². The maximum Gasteiger partial charge on any atom is 0.280 e. The fourth-order valence-corrected chi connectivity index (χ4v) is 2.59. The first kappa shape index (κ1) is 15.3. The predicted octanol–water partition coefficient (Wildman–Crippen LogP) is 4.15. The molecule has 0 spiro atoms. The molecule has 4 nitrogen and oxygen atoms in total. The van der Waals surface area contributed by atoms with E-state index < -0.39 is 0 Å². The molecule has 0 saturated carbocycles. The van der Waals surface area contributed by atoms with Crippen molar-refractivity contribution in [2.75, 3.05) is 12.1 Å². The number of amides is 1. The second-order valence-corrected chi connectivity index (χ2v) is 5.52. The minimum Gasteiger partial charge on any atom is -0.496 e. The molecule has 1 heterocycles. The molecule has 0 aromatic heterocycles. The van der Waals surface area contributed by atoms with E-state index in [1.54, 1.807) is 37.5 Å². The molecule has 5 heteroatoms. The largest absolute Gasteiger partial charge is 0.496 e. The summed E-state index contributed by atoms with van der Waals surface area (Å²) >= 11 is 6.00. The third-order valence-corrected chi connectivity index (χ3v) is 3.79. The average Bonchev–Trinajstić information content (AvgIpc) is 2.83. The number of anilines is 1. The van der Waals surface area contributed by atoms with Crippen LogP contribution < -0.4 is 9.75 Å². The van der Waals surface area contributed by atoms with Gasteiger partial charge in [0, 0.05) is 10.6 Å². The number of ether oxygens (including phenoxy) is 1. The first-order chi connectivity index (χ1) is 11.1. The van der Waals surface area contributed by atoms with Crippen molar-refractivity contribution in [3.05, 3.63) is 64.7 Å². The summed E-state index contributed by atoms with van der Waals surface area (Å²) in [7, 11) is 1.60. The summed E-state index contributed by atoms with van der Waals surface area (Å²) in [6.45, 7) is 1.81. The highest BCUT2D eigenvalue weighted by Gasteiger charge is 2.29. The monoisotopic (exact) mass is 326 g/mol. The molecule has 0 saturated heterocycles. The Balaban J connectivity index is 1.99. The second-order valence-electron chi connectivity index (χ2n) is 5.08. The van der Waals surface area contributed by atoms with Crippen LogP contribution in [-0.2, 0) is 4.79 Å². The van der Waals surface area contributed by atoms with Crippen LogP contribution in [0.15, 0.2) is 59.2 Å². The molecule has 1 aliphatic rings. The molecule has 0 fully saturated rings. The Morgan fingerprint density at radius 2 is 1.96 bits per heavy atom. The number of para-hydroxylation sites is 1. The molecular weight excluding hydrogens is 312 g/mol. The van der Waals surface area contributed by atoms with Crippen LogP contribution in [0.5, 0.6) is 5.75 Å². The van der Waals surface area contributed by atoms with Crippen molar-refractivity contribution in [1.82, 2.24) is 0 Å². The van der Waals surface area contributed by atoms with Gasteiger partial charge < -0.3 is 4.74 Å². The zero-order chi connectivity index (χ0) is 16.4. The Morgan fingerprint density at radius 1 is 1.17 bits per heavy atom. The van der Waals surface area contributed by atoms with Crippen molar-refractivity contribution in [2.24, 2.45) is 5.10 Å². The maximum atomic E-state index is 12.7. The zero-order valence-electron chi connectivity index (χ0n) is 12.8. The van der Waals surface area contributed by atoms with E-state index in [-0.39, 0.29) is 5.91 Å². The standard InChI is InChI=1S/C18H15ClN2O2/c1-12-16(10-13-6-3-4-9-17(13)23-2)18(22)21(20-12)15-8-5-7-14(19)11-15/h3-11H,1-2H3/b16-10+. The fourth-order valence-electron chi connectivity index (χ4n) is 2.41. The van der Waals surface area contributed by atoms with Crippen molar-refractivity contribution in [1.29, 1.82) is 0 Å². The molecule has 2 aromatic rings. The summed E-state index contributed by atoms with van der Waals surface area (Å²) in [6, 6.07) is 14.6. The lowest BCUT2D eigenvalue weighted by Gasteiger charge is -2.12. The van der Waals surface area contributed by atoms with Gasteiger partial charge in [0.15, 0.2) is 0 Å². The predicted molar refractivity (Wildman–Crippen MR) is 93.0 cm³/mol. The third kappa shape index (κ3) is 2.98. The van der Waals surface area contributed by atoms with Gasteiger partial charge in [-0.25, -0.2) is 0 Å². The van der Waals surface area contributed by atoms with Crippen LogP contribution in [0.1, 0.15) is 12.5 Å². The van der Waals surface area contributed by atoms with E-state index in [9.17, 15) is 4.79 Å². The summed E-state index contributed by atoms with van der Waals surface area (Å²) in [5.74, 6) is 0.525. The Morgan fingerprint density at radius 3 is 2.70 bits per heavy atom. The van der Waals surface area contributed by atoms with Crippen molar-refractivity contribution in [2.45, 2.75) is 6.92 Å². The van der Waals surface area contributed by atoms with E-state index in [0.29, 0.717) is 27.7 Å². The lowest BCUT2D eigenvalue weighted by Crippen LogP contribution is -2.21. The number of nitrogens with zero attached hydrogens (tertiary/aromatic N) is 2. The molecule has 0 bridgehead atoms. The van der Waals surface area contributed by atoms with Crippen molar-refractivity contribution in [3.8, 4) is 5.75 Å². The Hall–Kier alpha value is -2.59. The van der Waals surface area contributed by atoms with E-state index in [1.807, 2.05) is 31.2 Å². The number of benzene rings is 2. The van der Waals surface area contributed by atoms with Gasteiger partial charge in [0.2, 0.25) is 0 Å². The normalized spacial score (nSPS) is 16.0. The van der Waals surface area contributed by atoms with Crippen molar-refractivity contribution in [3.63, 3.8) is 0 Å². The third-order valence-electron chi connectivity index (χ3n) is 3.55. The van der Waals surface area contributed by atoms with Gasteiger partial charge in [-0.2, -0.15) is 10.1 Å². The van der Waals surface area contributed by atoms with E-state index in [4.69, 9.17) is 16.3 Å².